The Bertz CT molecular complexity index is 532. The Kier molecular flexibility index (Phi) is 3.23. The standard InChI is InChI=1S/C13H14N2O2/c1-3-10-6-4-5-7-11(10)14-13(16)12-8-9(2)17-15-12/h4-8H,3H2,1-2H3,(H,14,16). The smallest absolute Gasteiger partial charge is 0.277 e. The van der Waals surface area contributed by atoms with Crippen molar-refractivity contribution >= 4 is 11.6 Å². The van der Waals surface area contributed by atoms with Gasteiger partial charge >= 0.3 is 0 Å². The molecule has 1 heterocycles. The molecule has 0 saturated heterocycles. The number of hydrogen-bond donors (Lipinski definition) is 1. The minimum absolute atomic E-state index is 0.247. The summed E-state index contributed by atoms with van der Waals surface area (Å²) >= 11 is 0. The third kappa shape index (κ3) is 2.53. The number of aryl methyl sites for hydroxylation is 2. The van der Waals surface area contributed by atoms with Crippen molar-refractivity contribution in [3.8, 4) is 0 Å². The molecule has 4 nitrogen and oxygen atoms in total. The molecule has 0 aliphatic heterocycles. The van der Waals surface area contributed by atoms with Crippen LogP contribution in [0, 0.1) is 6.92 Å². The molecule has 17 heavy (non-hydrogen) atoms. The number of carbonyl (C=O) groups is 1. The first-order valence-electron chi connectivity index (χ1n) is 5.53. The van der Waals surface area contributed by atoms with Gasteiger partial charge in [0, 0.05) is 11.8 Å². The lowest BCUT2D eigenvalue weighted by atomic mass is 10.1. The summed E-state index contributed by atoms with van der Waals surface area (Å²) < 4.78 is 4.87. The molecule has 0 aliphatic carbocycles. The molecule has 0 saturated carbocycles. The van der Waals surface area contributed by atoms with E-state index in [-0.39, 0.29) is 5.91 Å². The van der Waals surface area contributed by atoms with Crippen LogP contribution in [0.4, 0.5) is 5.69 Å². The second kappa shape index (κ2) is 4.82. The number of anilines is 1. The van der Waals surface area contributed by atoms with Crippen LogP contribution in [0.3, 0.4) is 0 Å². The maximum absolute atomic E-state index is 11.9. The molecular formula is C13H14N2O2. The number of para-hydroxylation sites is 1. The molecule has 0 radical (unpaired) electrons. The van der Waals surface area contributed by atoms with Gasteiger partial charge in [-0.15, -0.1) is 0 Å². The Hall–Kier alpha value is -2.10. The Labute approximate surface area is 99.6 Å². The molecule has 88 valence electrons. The van der Waals surface area contributed by atoms with Gasteiger partial charge in [0.05, 0.1) is 0 Å². The molecule has 0 atom stereocenters. The van der Waals surface area contributed by atoms with Crippen LogP contribution in [-0.2, 0) is 6.42 Å². The fourth-order valence-corrected chi connectivity index (χ4v) is 1.61. The van der Waals surface area contributed by atoms with Gasteiger partial charge in [-0.3, -0.25) is 4.79 Å². The lowest BCUT2D eigenvalue weighted by Crippen LogP contribution is -2.13. The van der Waals surface area contributed by atoms with Crippen molar-refractivity contribution in [2.75, 3.05) is 5.32 Å². The number of benzene rings is 1. The number of carbonyl (C=O) groups excluding carboxylic acids is 1. The predicted molar refractivity (Wildman–Crippen MR) is 65.0 cm³/mol. The summed E-state index contributed by atoms with van der Waals surface area (Å²) in [6.07, 6.45) is 0.869. The number of hydrogen-bond acceptors (Lipinski definition) is 3. The molecule has 0 aliphatic rings. The number of nitrogens with one attached hydrogen (secondary N) is 1. The molecule has 0 bridgehead atoms. The Morgan fingerprint density at radius 2 is 2.18 bits per heavy atom. The molecule has 4 heteroatoms. The summed E-state index contributed by atoms with van der Waals surface area (Å²) in [4.78, 5) is 11.9. The van der Waals surface area contributed by atoms with Crippen molar-refractivity contribution < 1.29 is 9.32 Å². The number of rotatable bonds is 3. The van der Waals surface area contributed by atoms with E-state index >= 15 is 0 Å². The summed E-state index contributed by atoms with van der Waals surface area (Å²) in [5.74, 6) is 0.377. The van der Waals surface area contributed by atoms with Crippen LogP contribution in [0.1, 0.15) is 28.7 Å². The molecule has 0 fully saturated rings. The summed E-state index contributed by atoms with van der Waals surface area (Å²) in [6, 6.07) is 9.33. The first-order chi connectivity index (χ1) is 8.20. The van der Waals surface area contributed by atoms with Crippen LogP contribution in [-0.4, -0.2) is 11.1 Å². The van der Waals surface area contributed by atoms with Gasteiger partial charge in [0.1, 0.15) is 5.76 Å². The monoisotopic (exact) mass is 230 g/mol. The number of amides is 1. The minimum Gasteiger partial charge on any atom is -0.361 e. The maximum atomic E-state index is 11.9. The quantitative estimate of drug-likeness (QED) is 0.882. The zero-order valence-corrected chi connectivity index (χ0v) is 9.86. The van der Waals surface area contributed by atoms with Crippen molar-refractivity contribution in [3.05, 3.63) is 47.3 Å². The highest BCUT2D eigenvalue weighted by atomic mass is 16.5. The molecule has 1 aromatic carbocycles. The van der Waals surface area contributed by atoms with Crippen LogP contribution in [0.25, 0.3) is 0 Å². The minimum atomic E-state index is -0.247. The van der Waals surface area contributed by atoms with Crippen molar-refractivity contribution in [2.24, 2.45) is 0 Å². The first kappa shape index (κ1) is 11.4. The third-order valence-corrected chi connectivity index (χ3v) is 2.51. The lowest BCUT2D eigenvalue weighted by Gasteiger charge is -2.07. The Morgan fingerprint density at radius 3 is 2.82 bits per heavy atom. The lowest BCUT2D eigenvalue weighted by molar-refractivity contribution is 0.101. The van der Waals surface area contributed by atoms with E-state index in [0.717, 1.165) is 17.7 Å². The van der Waals surface area contributed by atoms with Crippen molar-refractivity contribution in [1.82, 2.24) is 5.16 Å². The maximum Gasteiger partial charge on any atom is 0.277 e. The normalized spacial score (nSPS) is 10.2. The molecule has 1 N–H and O–H groups in total. The average Bonchev–Trinajstić information content (AvgIpc) is 2.77. The van der Waals surface area contributed by atoms with E-state index in [0.29, 0.717) is 11.5 Å². The van der Waals surface area contributed by atoms with Gasteiger partial charge in [-0.2, -0.15) is 0 Å². The van der Waals surface area contributed by atoms with Gasteiger partial charge in [-0.05, 0) is 25.0 Å². The van der Waals surface area contributed by atoms with E-state index in [4.69, 9.17) is 4.52 Å². The highest BCUT2D eigenvalue weighted by Crippen LogP contribution is 2.16. The number of aromatic nitrogens is 1. The second-order valence-corrected chi connectivity index (χ2v) is 3.79. The van der Waals surface area contributed by atoms with Gasteiger partial charge in [-0.1, -0.05) is 30.3 Å². The van der Waals surface area contributed by atoms with Crippen LogP contribution in [0.5, 0.6) is 0 Å². The van der Waals surface area contributed by atoms with Crippen LogP contribution < -0.4 is 5.32 Å². The van der Waals surface area contributed by atoms with Crippen molar-refractivity contribution in [1.29, 1.82) is 0 Å². The van der Waals surface area contributed by atoms with Gasteiger partial charge in [-0.25, -0.2) is 0 Å². The van der Waals surface area contributed by atoms with E-state index in [2.05, 4.69) is 10.5 Å². The Balaban J connectivity index is 2.18. The molecule has 1 amide bonds. The summed E-state index contributed by atoms with van der Waals surface area (Å²) in [5.41, 5.74) is 2.22. The average molecular weight is 230 g/mol. The molecule has 2 rings (SSSR count). The zero-order chi connectivity index (χ0) is 12.3. The van der Waals surface area contributed by atoms with Gasteiger partial charge in [0.25, 0.3) is 5.91 Å². The number of nitrogens with zero attached hydrogens (tertiary/aromatic N) is 1. The highest BCUT2D eigenvalue weighted by Gasteiger charge is 2.12. The SMILES string of the molecule is CCc1ccccc1NC(=O)c1cc(C)on1. The van der Waals surface area contributed by atoms with E-state index < -0.39 is 0 Å². The Morgan fingerprint density at radius 1 is 1.41 bits per heavy atom. The first-order valence-corrected chi connectivity index (χ1v) is 5.53. The zero-order valence-electron chi connectivity index (χ0n) is 9.86. The fourth-order valence-electron chi connectivity index (χ4n) is 1.61. The van der Waals surface area contributed by atoms with Crippen LogP contribution >= 0.6 is 0 Å². The van der Waals surface area contributed by atoms with Crippen molar-refractivity contribution in [3.63, 3.8) is 0 Å². The highest BCUT2D eigenvalue weighted by molar-refractivity contribution is 6.03. The molecule has 1 aromatic heterocycles. The summed E-state index contributed by atoms with van der Waals surface area (Å²) in [7, 11) is 0. The van der Waals surface area contributed by atoms with Crippen molar-refractivity contribution in [2.45, 2.75) is 20.3 Å². The van der Waals surface area contributed by atoms with E-state index in [9.17, 15) is 4.79 Å². The largest absolute Gasteiger partial charge is 0.361 e. The predicted octanol–water partition coefficient (Wildman–Crippen LogP) is 2.80. The van der Waals surface area contributed by atoms with Crippen LogP contribution in [0.2, 0.25) is 0 Å². The molecular weight excluding hydrogens is 216 g/mol. The molecule has 0 spiro atoms. The topological polar surface area (TPSA) is 55.1 Å². The summed E-state index contributed by atoms with van der Waals surface area (Å²) in [5, 5.41) is 6.51. The molecule has 2 aromatic rings. The third-order valence-electron chi connectivity index (χ3n) is 2.51. The van der Waals surface area contributed by atoms with Gasteiger partial charge in [0.2, 0.25) is 0 Å². The van der Waals surface area contributed by atoms with E-state index in [1.807, 2.05) is 31.2 Å². The molecule has 0 unspecified atom stereocenters. The second-order valence-electron chi connectivity index (χ2n) is 3.79. The van der Waals surface area contributed by atoms with Gasteiger partial charge in [0.15, 0.2) is 5.69 Å². The van der Waals surface area contributed by atoms with Gasteiger partial charge < -0.3 is 9.84 Å². The summed E-state index contributed by atoms with van der Waals surface area (Å²) in [6.45, 7) is 3.80. The van der Waals surface area contributed by atoms with E-state index in [1.54, 1.807) is 13.0 Å². The fraction of sp³-hybridized carbons (Fsp3) is 0.231. The van der Waals surface area contributed by atoms with E-state index in [1.165, 1.54) is 0 Å². The van der Waals surface area contributed by atoms with Crippen LogP contribution in [0.15, 0.2) is 34.9 Å².